The number of carbonyl (C=O) groups excluding carboxylic acids is 1. The Labute approximate surface area is 147 Å². The van der Waals surface area contributed by atoms with Gasteiger partial charge in [0.15, 0.2) is 5.76 Å². The molecule has 1 saturated heterocycles. The van der Waals surface area contributed by atoms with Crippen LogP contribution in [0, 0.1) is 0 Å². The number of carbonyl (C=O) groups is 1. The minimum Gasteiger partial charge on any atom is -0.459 e. The van der Waals surface area contributed by atoms with Gasteiger partial charge in [-0.2, -0.15) is 0 Å². The standard InChI is InChI=1S/C20H23N3O2/c1-2-23-9-7-14(8-10-23)17-13-21-18-6-5-15(12-16(17)18)22-20(24)19-4-3-11-25-19/h3-6,11-14,21H,2,7-10H2,1H3,(H,22,24). The van der Waals surface area contributed by atoms with Crippen molar-refractivity contribution in [1.82, 2.24) is 9.88 Å². The fraction of sp³-hybridized carbons (Fsp3) is 0.350. The zero-order chi connectivity index (χ0) is 17.2. The largest absolute Gasteiger partial charge is 0.459 e. The van der Waals surface area contributed by atoms with Crippen molar-refractivity contribution < 1.29 is 9.21 Å². The van der Waals surface area contributed by atoms with E-state index < -0.39 is 0 Å². The average Bonchev–Trinajstić information content (AvgIpc) is 3.31. The Morgan fingerprint density at radius 1 is 1.32 bits per heavy atom. The maximum Gasteiger partial charge on any atom is 0.291 e. The van der Waals surface area contributed by atoms with E-state index in [1.807, 2.05) is 12.1 Å². The molecule has 1 aromatic carbocycles. The van der Waals surface area contributed by atoms with Crippen LogP contribution in [0.5, 0.6) is 0 Å². The summed E-state index contributed by atoms with van der Waals surface area (Å²) >= 11 is 0. The van der Waals surface area contributed by atoms with Gasteiger partial charge >= 0.3 is 0 Å². The SMILES string of the molecule is CCN1CCC(c2c[nH]c3ccc(NC(=O)c4ccco4)cc23)CC1. The van der Waals surface area contributed by atoms with Crippen molar-refractivity contribution >= 4 is 22.5 Å². The number of nitrogens with one attached hydrogen (secondary N) is 2. The minimum absolute atomic E-state index is 0.224. The second-order valence-electron chi connectivity index (χ2n) is 6.64. The Bertz CT molecular complexity index is 858. The van der Waals surface area contributed by atoms with Gasteiger partial charge in [0.25, 0.3) is 5.91 Å². The molecular formula is C20H23N3O2. The van der Waals surface area contributed by atoms with Crippen molar-refractivity contribution in [3.05, 3.63) is 54.1 Å². The fourth-order valence-corrected chi connectivity index (χ4v) is 3.72. The van der Waals surface area contributed by atoms with Gasteiger partial charge in [0.1, 0.15) is 0 Å². The van der Waals surface area contributed by atoms with Crippen molar-refractivity contribution in [2.75, 3.05) is 25.0 Å². The molecule has 130 valence electrons. The number of hydrogen-bond acceptors (Lipinski definition) is 3. The van der Waals surface area contributed by atoms with E-state index in [1.54, 1.807) is 12.1 Å². The number of furan rings is 1. The van der Waals surface area contributed by atoms with Gasteiger partial charge in [0.05, 0.1) is 6.26 Å². The predicted molar refractivity (Wildman–Crippen MR) is 99.0 cm³/mol. The first-order valence-corrected chi connectivity index (χ1v) is 8.93. The zero-order valence-corrected chi connectivity index (χ0v) is 14.4. The summed E-state index contributed by atoms with van der Waals surface area (Å²) in [4.78, 5) is 18.1. The molecular weight excluding hydrogens is 314 g/mol. The van der Waals surface area contributed by atoms with Crippen molar-refractivity contribution in [2.24, 2.45) is 0 Å². The van der Waals surface area contributed by atoms with E-state index >= 15 is 0 Å². The number of likely N-dealkylation sites (tertiary alicyclic amines) is 1. The molecule has 1 fully saturated rings. The highest BCUT2D eigenvalue weighted by molar-refractivity contribution is 6.03. The van der Waals surface area contributed by atoms with Crippen LogP contribution < -0.4 is 5.32 Å². The molecule has 0 radical (unpaired) electrons. The van der Waals surface area contributed by atoms with E-state index in [0.29, 0.717) is 11.7 Å². The lowest BCUT2D eigenvalue weighted by atomic mass is 9.89. The molecule has 0 aliphatic carbocycles. The molecule has 1 aliphatic heterocycles. The van der Waals surface area contributed by atoms with E-state index in [9.17, 15) is 4.79 Å². The maximum absolute atomic E-state index is 12.2. The van der Waals surface area contributed by atoms with E-state index in [-0.39, 0.29) is 5.91 Å². The van der Waals surface area contributed by atoms with E-state index in [2.05, 4.69) is 34.4 Å². The van der Waals surface area contributed by atoms with Gasteiger partial charge in [0, 0.05) is 22.8 Å². The third-order valence-corrected chi connectivity index (χ3v) is 5.19. The highest BCUT2D eigenvalue weighted by Gasteiger charge is 2.22. The van der Waals surface area contributed by atoms with Gasteiger partial charge in [-0.25, -0.2) is 0 Å². The first-order chi connectivity index (χ1) is 12.2. The lowest BCUT2D eigenvalue weighted by Crippen LogP contribution is -2.32. The fourth-order valence-electron chi connectivity index (χ4n) is 3.72. The zero-order valence-electron chi connectivity index (χ0n) is 14.4. The second-order valence-corrected chi connectivity index (χ2v) is 6.64. The van der Waals surface area contributed by atoms with Gasteiger partial charge < -0.3 is 19.6 Å². The van der Waals surface area contributed by atoms with Gasteiger partial charge in [0.2, 0.25) is 0 Å². The first kappa shape index (κ1) is 16.0. The molecule has 0 atom stereocenters. The number of H-pyrrole nitrogens is 1. The lowest BCUT2D eigenvalue weighted by molar-refractivity contribution is 0.0996. The Morgan fingerprint density at radius 3 is 2.88 bits per heavy atom. The number of benzene rings is 1. The molecule has 3 heterocycles. The molecule has 0 unspecified atom stereocenters. The van der Waals surface area contributed by atoms with Crippen LogP contribution >= 0.6 is 0 Å². The summed E-state index contributed by atoms with van der Waals surface area (Å²) in [5.41, 5.74) is 3.27. The maximum atomic E-state index is 12.2. The van der Waals surface area contributed by atoms with Crippen LogP contribution in [-0.2, 0) is 0 Å². The third kappa shape index (κ3) is 3.20. The van der Waals surface area contributed by atoms with Gasteiger partial charge in [-0.15, -0.1) is 0 Å². The summed E-state index contributed by atoms with van der Waals surface area (Å²) in [7, 11) is 0. The number of amides is 1. The molecule has 1 aliphatic rings. The van der Waals surface area contributed by atoms with Crippen molar-refractivity contribution in [1.29, 1.82) is 0 Å². The summed E-state index contributed by atoms with van der Waals surface area (Å²) < 4.78 is 5.16. The molecule has 5 nitrogen and oxygen atoms in total. The van der Waals surface area contributed by atoms with Gasteiger partial charge in [-0.1, -0.05) is 6.92 Å². The summed E-state index contributed by atoms with van der Waals surface area (Å²) in [5.74, 6) is 0.673. The molecule has 2 aromatic heterocycles. The topological polar surface area (TPSA) is 61.3 Å². The average molecular weight is 337 g/mol. The van der Waals surface area contributed by atoms with Crippen molar-refractivity contribution in [3.63, 3.8) is 0 Å². The Morgan fingerprint density at radius 2 is 2.16 bits per heavy atom. The van der Waals surface area contributed by atoms with Crippen LogP contribution in [0.25, 0.3) is 10.9 Å². The Kier molecular flexibility index (Phi) is 4.32. The minimum atomic E-state index is -0.224. The number of aromatic amines is 1. The second kappa shape index (κ2) is 6.76. The molecule has 0 bridgehead atoms. The van der Waals surface area contributed by atoms with Crippen LogP contribution in [0.1, 0.15) is 41.8 Å². The number of rotatable bonds is 4. The summed E-state index contributed by atoms with van der Waals surface area (Å²) in [5, 5.41) is 4.12. The summed E-state index contributed by atoms with van der Waals surface area (Å²) in [6.07, 6.45) is 6.01. The van der Waals surface area contributed by atoms with Gasteiger partial charge in [-0.3, -0.25) is 4.79 Å². The highest BCUT2D eigenvalue weighted by atomic mass is 16.3. The smallest absolute Gasteiger partial charge is 0.291 e. The number of piperidine rings is 1. The highest BCUT2D eigenvalue weighted by Crippen LogP contribution is 2.34. The predicted octanol–water partition coefficient (Wildman–Crippen LogP) is 4.21. The van der Waals surface area contributed by atoms with Crippen LogP contribution in [0.3, 0.4) is 0 Å². The molecule has 4 rings (SSSR count). The summed E-state index contributed by atoms with van der Waals surface area (Å²) in [6, 6.07) is 9.39. The van der Waals surface area contributed by atoms with E-state index in [0.717, 1.165) is 30.8 Å². The van der Waals surface area contributed by atoms with Crippen molar-refractivity contribution in [2.45, 2.75) is 25.7 Å². The normalized spacial score (nSPS) is 16.4. The molecule has 0 spiro atoms. The number of aromatic nitrogens is 1. The Hall–Kier alpha value is -2.53. The van der Waals surface area contributed by atoms with Crippen LogP contribution in [-0.4, -0.2) is 35.4 Å². The summed E-state index contributed by atoms with van der Waals surface area (Å²) in [6.45, 7) is 5.66. The third-order valence-electron chi connectivity index (χ3n) is 5.19. The Balaban J connectivity index is 1.56. The molecule has 0 saturated carbocycles. The molecule has 1 amide bonds. The van der Waals surface area contributed by atoms with Crippen LogP contribution in [0.2, 0.25) is 0 Å². The number of nitrogens with zero attached hydrogens (tertiary/aromatic N) is 1. The first-order valence-electron chi connectivity index (χ1n) is 8.93. The number of hydrogen-bond donors (Lipinski definition) is 2. The quantitative estimate of drug-likeness (QED) is 0.749. The monoisotopic (exact) mass is 337 g/mol. The number of fused-ring (bicyclic) bond motifs is 1. The van der Waals surface area contributed by atoms with E-state index in [1.165, 1.54) is 30.1 Å². The number of anilines is 1. The van der Waals surface area contributed by atoms with Crippen molar-refractivity contribution in [3.8, 4) is 0 Å². The lowest BCUT2D eigenvalue weighted by Gasteiger charge is -2.30. The molecule has 5 heteroatoms. The molecule has 3 aromatic rings. The van der Waals surface area contributed by atoms with Gasteiger partial charge in [-0.05, 0) is 74.3 Å². The molecule has 25 heavy (non-hydrogen) atoms. The van der Waals surface area contributed by atoms with Crippen LogP contribution in [0.15, 0.2) is 47.2 Å². The van der Waals surface area contributed by atoms with Crippen LogP contribution in [0.4, 0.5) is 5.69 Å². The van der Waals surface area contributed by atoms with E-state index in [4.69, 9.17) is 4.42 Å². The molecule has 2 N–H and O–H groups in total.